The van der Waals surface area contributed by atoms with E-state index in [2.05, 4.69) is 53.7 Å². The quantitative estimate of drug-likeness (QED) is 0.559. The van der Waals surface area contributed by atoms with Gasteiger partial charge < -0.3 is 16.4 Å². The summed E-state index contributed by atoms with van der Waals surface area (Å²) >= 11 is 0. The fourth-order valence-electron chi connectivity index (χ4n) is 2.50. The second kappa shape index (κ2) is 8.87. The van der Waals surface area contributed by atoms with Crippen LogP contribution >= 0.6 is 0 Å². The minimum atomic E-state index is -0.420. The molecule has 1 unspecified atom stereocenters. The SMILES string of the molecule is CN=C(NCc1cccc(C(N)=O)c1)NCC(C)c1ccc(C)cc1. The van der Waals surface area contributed by atoms with Crippen molar-refractivity contribution in [2.75, 3.05) is 13.6 Å². The number of amides is 1. The summed E-state index contributed by atoms with van der Waals surface area (Å²) in [4.78, 5) is 15.5. The first-order valence-electron chi connectivity index (χ1n) is 8.39. The third-order valence-electron chi connectivity index (χ3n) is 4.12. The van der Waals surface area contributed by atoms with E-state index in [9.17, 15) is 4.79 Å². The van der Waals surface area contributed by atoms with Crippen LogP contribution in [0.1, 0.15) is 39.9 Å². The number of nitrogens with zero attached hydrogens (tertiary/aromatic N) is 1. The lowest BCUT2D eigenvalue weighted by Crippen LogP contribution is -2.38. The topological polar surface area (TPSA) is 79.5 Å². The van der Waals surface area contributed by atoms with E-state index >= 15 is 0 Å². The second-order valence-corrected chi connectivity index (χ2v) is 6.18. The van der Waals surface area contributed by atoms with Crippen molar-refractivity contribution in [3.63, 3.8) is 0 Å². The number of guanidine groups is 1. The number of rotatable bonds is 6. The van der Waals surface area contributed by atoms with E-state index < -0.39 is 5.91 Å². The third-order valence-corrected chi connectivity index (χ3v) is 4.12. The summed E-state index contributed by atoms with van der Waals surface area (Å²) in [6.45, 7) is 5.62. The van der Waals surface area contributed by atoms with E-state index in [1.165, 1.54) is 11.1 Å². The summed E-state index contributed by atoms with van der Waals surface area (Å²) in [6, 6.07) is 15.9. The Bertz CT molecular complexity index is 738. The van der Waals surface area contributed by atoms with E-state index in [0.717, 1.165) is 18.1 Å². The van der Waals surface area contributed by atoms with Gasteiger partial charge in [0.05, 0.1) is 0 Å². The van der Waals surface area contributed by atoms with Crippen molar-refractivity contribution in [1.29, 1.82) is 0 Å². The van der Waals surface area contributed by atoms with Gasteiger partial charge in [-0.3, -0.25) is 9.79 Å². The highest BCUT2D eigenvalue weighted by Crippen LogP contribution is 2.14. The van der Waals surface area contributed by atoms with E-state index in [4.69, 9.17) is 5.73 Å². The molecule has 4 N–H and O–H groups in total. The molecule has 2 aromatic carbocycles. The maximum Gasteiger partial charge on any atom is 0.248 e. The minimum Gasteiger partial charge on any atom is -0.366 e. The van der Waals surface area contributed by atoms with E-state index in [0.29, 0.717) is 18.0 Å². The molecule has 1 atom stereocenters. The molecule has 25 heavy (non-hydrogen) atoms. The molecule has 0 aliphatic rings. The van der Waals surface area contributed by atoms with Crippen molar-refractivity contribution in [3.8, 4) is 0 Å². The Morgan fingerprint density at radius 3 is 2.52 bits per heavy atom. The van der Waals surface area contributed by atoms with Gasteiger partial charge in [-0.15, -0.1) is 0 Å². The lowest BCUT2D eigenvalue weighted by Gasteiger charge is -2.17. The summed E-state index contributed by atoms with van der Waals surface area (Å²) in [7, 11) is 1.74. The van der Waals surface area contributed by atoms with Gasteiger partial charge in [-0.2, -0.15) is 0 Å². The first-order valence-corrected chi connectivity index (χ1v) is 8.39. The number of carbonyl (C=O) groups is 1. The molecule has 5 nitrogen and oxygen atoms in total. The van der Waals surface area contributed by atoms with Gasteiger partial charge in [-0.05, 0) is 36.1 Å². The summed E-state index contributed by atoms with van der Waals surface area (Å²) in [5.74, 6) is 0.678. The molecule has 132 valence electrons. The monoisotopic (exact) mass is 338 g/mol. The molecule has 2 rings (SSSR count). The molecule has 0 aromatic heterocycles. The zero-order valence-electron chi connectivity index (χ0n) is 15.0. The average molecular weight is 338 g/mol. The summed E-state index contributed by atoms with van der Waals surface area (Å²) in [6.07, 6.45) is 0. The maximum absolute atomic E-state index is 11.2. The fraction of sp³-hybridized carbons (Fsp3) is 0.300. The molecule has 0 fully saturated rings. The number of aliphatic imine (C=N–C) groups is 1. The number of carbonyl (C=O) groups excluding carboxylic acids is 1. The van der Waals surface area contributed by atoms with Crippen molar-refractivity contribution in [3.05, 3.63) is 70.8 Å². The average Bonchev–Trinajstić information content (AvgIpc) is 2.62. The van der Waals surface area contributed by atoms with Crippen LogP contribution in [0.3, 0.4) is 0 Å². The molecule has 0 aliphatic heterocycles. The Hall–Kier alpha value is -2.82. The van der Waals surface area contributed by atoms with Crippen LogP contribution in [-0.4, -0.2) is 25.5 Å². The van der Waals surface area contributed by atoms with Gasteiger partial charge in [0.1, 0.15) is 0 Å². The molecular weight excluding hydrogens is 312 g/mol. The Balaban J connectivity index is 1.87. The Morgan fingerprint density at radius 1 is 1.16 bits per heavy atom. The number of nitrogens with two attached hydrogens (primary N) is 1. The highest BCUT2D eigenvalue weighted by molar-refractivity contribution is 5.92. The smallest absolute Gasteiger partial charge is 0.248 e. The number of hydrogen-bond acceptors (Lipinski definition) is 2. The highest BCUT2D eigenvalue weighted by Gasteiger charge is 2.07. The van der Waals surface area contributed by atoms with Gasteiger partial charge in [0, 0.05) is 25.7 Å². The van der Waals surface area contributed by atoms with Crippen LogP contribution in [0.5, 0.6) is 0 Å². The minimum absolute atomic E-state index is 0.373. The molecular formula is C20H26N4O. The van der Waals surface area contributed by atoms with Crippen LogP contribution in [-0.2, 0) is 6.54 Å². The molecule has 5 heteroatoms. The van der Waals surface area contributed by atoms with Crippen molar-refractivity contribution in [2.45, 2.75) is 26.3 Å². The number of aryl methyl sites for hydroxylation is 1. The van der Waals surface area contributed by atoms with Crippen molar-refractivity contribution in [2.24, 2.45) is 10.7 Å². The first-order chi connectivity index (χ1) is 12.0. The number of nitrogens with one attached hydrogen (secondary N) is 2. The molecule has 2 aromatic rings. The Labute approximate surface area is 149 Å². The zero-order chi connectivity index (χ0) is 18.2. The van der Waals surface area contributed by atoms with Gasteiger partial charge in [0.25, 0.3) is 0 Å². The standard InChI is InChI=1S/C20H26N4O/c1-14-7-9-17(10-8-14)15(2)12-23-20(22-3)24-13-16-5-4-6-18(11-16)19(21)25/h4-11,15H,12-13H2,1-3H3,(H2,21,25)(H2,22,23,24). The molecule has 0 spiro atoms. The number of primary amides is 1. The summed E-state index contributed by atoms with van der Waals surface area (Å²) in [5, 5.41) is 6.59. The van der Waals surface area contributed by atoms with Gasteiger partial charge in [0.2, 0.25) is 5.91 Å². The van der Waals surface area contributed by atoms with Crippen LogP contribution in [0.15, 0.2) is 53.5 Å². The summed E-state index contributed by atoms with van der Waals surface area (Å²) in [5.41, 5.74) is 9.36. The number of hydrogen-bond donors (Lipinski definition) is 3. The van der Waals surface area contributed by atoms with Gasteiger partial charge in [0.15, 0.2) is 5.96 Å². The highest BCUT2D eigenvalue weighted by atomic mass is 16.1. The Morgan fingerprint density at radius 2 is 1.88 bits per heavy atom. The maximum atomic E-state index is 11.2. The molecule has 0 saturated carbocycles. The number of benzene rings is 2. The first kappa shape index (κ1) is 18.5. The van der Waals surface area contributed by atoms with Crippen LogP contribution in [0, 0.1) is 6.92 Å². The van der Waals surface area contributed by atoms with Gasteiger partial charge >= 0.3 is 0 Å². The van der Waals surface area contributed by atoms with Crippen LogP contribution in [0.4, 0.5) is 0 Å². The van der Waals surface area contributed by atoms with Crippen LogP contribution < -0.4 is 16.4 Å². The largest absolute Gasteiger partial charge is 0.366 e. The summed E-state index contributed by atoms with van der Waals surface area (Å²) < 4.78 is 0. The van der Waals surface area contributed by atoms with Crippen molar-refractivity contribution in [1.82, 2.24) is 10.6 Å². The van der Waals surface area contributed by atoms with Gasteiger partial charge in [-0.1, -0.05) is 48.9 Å². The molecule has 0 aliphatic carbocycles. The van der Waals surface area contributed by atoms with E-state index in [1.807, 2.05) is 12.1 Å². The van der Waals surface area contributed by atoms with Crippen molar-refractivity contribution >= 4 is 11.9 Å². The van der Waals surface area contributed by atoms with E-state index in [-0.39, 0.29) is 0 Å². The predicted octanol–water partition coefficient (Wildman–Crippen LogP) is 2.56. The molecule has 1 amide bonds. The van der Waals surface area contributed by atoms with E-state index in [1.54, 1.807) is 19.2 Å². The zero-order valence-corrected chi connectivity index (χ0v) is 15.0. The Kier molecular flexibility index (Phi) is 6.57. The lowest BCUT2D eigenvalue weighted by atomic mass is 10.0. The van der Waals surface area contributed by atoms with Gasteiger partial charge in [-0.25, -0.2) is 0 Å². The fourth-order valence-corrected chi connectivity index (χ4v) is 2.50. The van der Waals surface area contributed by atoms with Crippen LogP contribution in [0.25, 0.3) is 0 Å². The normalized spacial score (nSPS) is 12.5. The molecule has 0 saturated heterocycles. The molecule has 0 radical (unpaired) electrons. The third kappa shape index (κ3) is 5.64. The molecule has 0 bridgehead atoms. The second-order valence-electron chi connectivity index (χ2n) is 6.18. The lowest BCUT2D eigenvalue weighted by molar-refractivity contribution is 0.1000. The van der Waals surface area contributed by atoms with Crippen LogP contribution in [0.2, 0.25) is 0 Å². The van der Waals surface area contributed by atoms with Crippen molar-refractivity contribution < 1.29 is 4.79 Å². The molecule has 0 heterocycles. The predicted molar refractivity (Wildman–Crippen MR) is 103 cm³/mol.